The summed E-state index contributed by atoms with van der Waals surface area (Å²) in [6.45, 7) is 2.74. The molecule has 20 heavy (non-hydrogen) atoms. The van der Waals surface area contributed by atoms with Crippen LogP contribution in [0.4, 0.5) is 0 Å². The van der Waals surface area contributed by atoms with Gasteiger partial charge in [0.1, 0.15) is 0 Å². The van der Waals surface area contributed by atoms with Gasteiger partial charge in [-0.2, -0.15) is 4.31 Å². The highest BCUT2D eigenvalue weighted by atomic mass is 35.5. The predicted molar refractivity (Wildman–Crippen MR) is 77.4 cm³/mol. The molecule has 1 aromatic carbocycles. The van der Waals surface area contributed by atoms with Gasteiger partial charge in [0.05, 0.1) is 17.1 Å². The molecule has 2 fully saturated rings. The average Bonchev–Trinajstić information content (AvgIpc) is 2.77. The molecule has 2 bridgehead atoms. The molecule has 2 unspecified atom stereocenters. The van der Waals surface area contributed by atoms with E-state index in [-0.39, 0.29) is 12.2 Å². The number of alkyl halides is 1. The Morgan fingerprint density at radius 2 is 1.95 bits per heavy atom. The molecule has 0 saturated carbocycles. The zero-order chi connectivity index (χ0) is 14.3. The standard InChI is InChI=1S/C14H18ClNO3S/c1-10-11(7-15)3-2-4-14(10)20(17,18)16-8-12-5-6-13(9-16)19-12/h2-4,12-13H,5-9H2,1H3. The number of nitrogens with zero attached hydrogens (tertiary/aromatic N) is 1. The minimum atomic E-state index is -3.46. The first-order chi connectivity index (χ1) is 9.52. The molecule has 2 aliphatic heterocycles. The second-order valence-corrected chi connectivity index (χ2v) is 7.63. The van der Waals surface area contributed by atoms with E-state index in [0.717, 1.165) is 24.0 Å². The summed E-state index contributed by atoms with van der Waals surface area (Å²) in [6, 6.07) is 5.29. The number of rotatable bonds is 3. The molecule has 0 amide bonds. The molecule has 2 atom stereocenters. The Kier molecular flexibility index (Phi) is 3.79. The second-order valence-electron chi connectivity index (χ2n) is 5.45. The Bertz CT molecular complexity index is 605. The van der Waals surface area contributed by atoms with Crippen molar-refractivity contribution in [2.75, 3.05) is 13.1 Å². The first-order valence-electron chi connectivity index (χ1n) is 6.82. The van der Waals surface area contributed by atoms with Crippen LogP contribution in [-0.2, 0) is 20.6 Å². The van der Waals surface area contributed by atoms with E-state index in [2.05, 4.69) is 0 Å². The lowest BCUT2D eigenvalue weighted by Gasteiger charge is -2.31. The lowest BCUT2D eigenvalue weighted by atomic mass is 10.1. The van der Waals surface area contributed by atoms with Crippen molar-refractivity contribution in [3.63, 3.8) is 0 Å². The van der Waals surface area contributed by atoms with E-state index < -0.39 is 10.0 Å². The lowest BCUT2D eigenvalue weighted by Crippen LogP contribution is -2.45. The fraction of sp³-hybridized carbons (Fsp3) is 0.571. The molecule has 4 nitrogen and oxygen atoms in total. The summed E-state index contributed by atoms with van der Waals surface area (Å²) in [5.41, 5.74) is 1.62. The number of fused-ring (bicyclic) bond motifs is 2. The SMILES string of the molecule is Cc1c(CCl)cccc1S(=O)(=O)N1CC2CCC(C1)O2. The number of morpholine rings is 1. The smallest absolute Gasteiger partial charge is 0.243 e. The largest absolute Gasteiger partial charge is 0.372 e. The zero-order valence-electron chi connectivity index (χ0n) is 11.4. The molecule has 2 saturated heterocycles. The van der Waals surface area contributed by atoms with Gasteiger partial charge in [-0.1, -0.05) is 12.1 Å². The van der Waals surface area contributed by atoms with Crippen molar-refractivity contribution in [1.29, 1.82) is 0 Å². The number of hydrogen-bond donors (Lipinski definition) is 0. The molecule has 0 radical (unpaired) electrons. The lowest BCUT2D eigenvalue weighted by molar-refractivity contribution is -0.0114. The maximum absolute atomic E-state index is 12.8. The van der Waals surface area contributed by atoms with E-state index in [1.54, 1.807) is 16.4 Å². The van der Waals surface area contributed by atoms with Gasteiger partial charge >= 0.3 is 0 Å². The van der Waals surface area contributed by atoms with Gasteiger partial charge in [0.2, 0.25) is 10.0 Å². The zero-order valence-corrected chi connectivity index (χ0v) is 13.0. The van der Waals surface area contributed by atoms with Crippen LogP contribution >= 0.6 is 11.6 Å². The van der Waals surface area contributed by atoms with Crippen molar-refractivity contribution in [3.05, 3.63) is 29.3 Å². The number of hydrogen-bond acceptors (Lipinski definition) is 3. The van der Waals surface area contributed by atoms with Crippen molar-refractivity contribution in [1.82, 2.24) is 4.31 Å². The van der Waals surface area contributed by atoms with E-state index in [9.17, 15) is 8.42 Å². The van der Waals surface area contributed by atoms with Crippen LogP contribution in [0.15, 0.2) is 23.1 Å². The minimum Gasteiger partial charge on any atom is -0.372 e. The molecule has 2 aliphatic rings. The fourth-order valence-electron chi connectivity index (χ4n) is 3.00. The third-order valence-electron chi connectivity index (χ3n) is 4.17. The van der Waals surface area contributed by atoms with E-state index in [1.165, 1.54) is 0 Å². The van der Waals surface area contributed by atoms with Gasteiger partial charge in [-0.25, -0.2) is 8.42 Å². The van der Waals surface area contributed by atoms with E-state index in [4.69, 9.17) is 16.3 Å². The van der Waals surface area contributed by atoms with Crippen molar-refractivity contribution in [2.45, 2.75) is 42.7 Å². The highest BCUT2D eigenvalue weighted by Crippen LogP contribution is 2.31. The first kappa shape index (κ1) is 14.3. The summed E-state index contributed by atoms with van der Waals surface area (Å²) >= 11 is 5.87. The molecule has 110 valence electrons. The van der Waals surface area contributed by atoms with Crippen LogP contribution in [0.3, 0.4) is 0 Å². The minimum absolute atomic E-state index is 0.0556. The Hall–Kier alpha value is -0.620. The van der Waals surface area contributed by atoms with Gasteiger partial charge in [-0.05, 0) is 37.0 Å². The highest BCUT2D eigenvalue weighted by Gasteiger charge is 2.39. The number of halogens is 1. The molecule has 0 N–H and O–H groups in total. The first-order valence-corrected chi connectivity index (χ1v) is 8.80. The summed E-state index contributed by atoms with van der Waals surface area (Å²) in [7, 11) is -3.46. The van der Waals surface area contributed by atoms with Gasteiger partial charge in [-0.3, -0.25) is 0 Å². The van der Waals surface area contributed by atoms with Crippen molar-refractivity contribution in [2.24, 2.45) is 0 Å². The second kappa shape index (κ2) is 5.30. The Balaban J connectivity index is 1.96. The van der Waals surface area contributed by atoms with Gasteiger partial charge < -0.3 is 4.74 Å². The van der Waals surface area contributed by atoms with Gasteiger partial charge in [0, 0.05) is 19.0 Å². The molecule has 0 aromatic heterocycles. The quantitative estimate of drug-likeness (QED) is 0.804. The molecular weight excluding hydrogens is 298 g/mol. The molecule has 1 aromatic rings. The third kappa shape index (κ3) is 2.37. The predicted octanol–water partition coefficient (Wildman–Crippen LogP) is 2.29. The van der Waals surface area contributed by atoms with Crippen molar-refractivity contribution < 1.29 is 13.2 Å². The van der Waals surface area contributed by atoms with E-state index >= 15 is 0 Å². The van der Waals surface area contributed by atoms with Gasteiger partial charge in [0.15, 0.2) is 0 Å². The Morgan fingerprint density at radius 1 is 1.30 bits per heavy atom. The van der Waals surface area contributed by atoms with Crippen LogP contribution in [0.1, 0.15) is 24.0 Å². The summed E-state index contributed by atoms with van der Waals surface area (Å²) in [5, 5.41) is 0. The molecule has 2 heterocycles. The van der Waals surface area contributed by atoms with Crippen LogP contribution in [0.25, 0.3) is 0 Å². The fourth-order valence-corrected chi connectivity index (χ4v) is 5.06. The summed E-state index contributed by atoms with van der Waals surface area (Å²) in [4.78, 5) is 0.372. The summed E-state index contributed by atoms with van der Waals surface area (Å²) in [6.07, 6.45) is 2.02. The molecule has 0 spiro atoms. The van der Waals surface area contributed by atoms with E-state index in [1.807, 2.05) is 13.0 Å². The van der Waals surface area contributed by atoms with Crippen LogP contribution in [-0.4, -0.2) is 38.0 Å². The van der Waals surface area contributed by atoms with Gasteiger partial charge in [0.25, 0.3) is 0 Å². The monoisotopic (exact) mass is 315 g/mol. The van der Waals surface area contributed by atoms with Crippen LogP contribution in [0.5, 0.6) is 0 Å². The van der Waals surface area contributed by atoms with Crippen molar-refractivity contribution in [3.8, 4) is 0 Å². The number of benzene rings is 1. The molecule has 6 heteroatoms. The molecular formula is C14H18ClNO3S. The topological polar surface area (TPSA) is 46.6 Å². The molecule has 3 rings (SSSR count). The van der Waals surface area contributed by atoms with Crippen LogP contribution in [0.2, 0.25) is 0 Å². The van der Waals surface area contributed by atoms with Gasteiger partial charge in [-0.15, -0.1) is 11.6 Å². The molecule has 0 aliphatic carbocycles. The Morgan fingerprint density at radius 3 is 2.55 bits per heavy atom. The highest BCUT2D eigenvalue weighted by molar-refractivity contribution is 7.89. The maximum Gasteiger partial charge on any atom is 0.243 e. The number of ether oxygens (including phenoxy) is 1. The normalized spacial score (nSPS) is 26.9. The van der Waals surface area contributed by atoms with E-state index in [0.29, 0.717) is 23.9 Å². The third-order valence-corrected chi connectivity index (χ3v) is 6.43. The average molecular weight is 316 g/mol. The maximum atomic E-state index is 12.8. The Labute approximate surface area is 124 Å². The summed E-state index contributed by atoms with van der Waals surface area (Å²) in [5.74, 6) is 0.323. The van der Waals surface area contributed by atoms with Crippen LogP contribution in [0, 0.1) is 6.92 Å². The summed E-state index contributed by atoms with van der Waals surface area (Å²) < 4.78 is 32.9. The van der Waals surface area contributed by atoms with Crippen molar-refractivity contribution >= 4 is 21.6 Å². The van der Waals surface area contributed by atoms with Crippen LogP contribution < -0.4 is 0 Å². The number of sulfonamides is 1.